The largest absolute Gasteiger partial charge is 0.313 e. The smallest absolute Gasteiger partial charge is 0.0294 e. The van der Waals surface area contributed by atoms with E-state index in [1.165, 1.54) is 49.5 Å². The number of nitrogens with one attached hydrogen (secondary N) is 1. The summed E-state index contributed by atoms with van der Waals surface area (Å²) in [6.45, 7) is 3.48. The van der Waals surface area contributed by atoms with Crippen molar-refractivity contribution in [2.75, 3.05) is 23.8 Å². The van der Waals surface area contributed by atoms with Gasteiger partial charge in [0.25, 0.3) is 0 Å². The van der Waals surface area contributed by atoms with Gasteiger partial charge >= 0.3 is 0 Å². The van der Waals surface area contributed by atoms with Gasteiger partial charge in [-0.3, -0.25) is 0 Å². The first-order valence-corrected chi connectivity index (χ1v) is 8.55. The molecular formula is C12H23NS2. The number of hydrogen-bond donors (Lipinski definition) is 1. The maximum absolute atomic E-state index is 3.81. The first-order valence-electron chi connectivity index (χ1n) is 6.34. The molecule has 1 N–H and O–H groups in total. The molecule has 2 unspecified atom stereocenters. The lowest BCUT2D eigenvalue weighted by Crippen LogP contribution is -2.48. The van der Waals surface area contributed by atoms with Gasteiger partial charge in [0.15, 0.2) is 0 Å². The highest BCUT2D eigenvalue weighted by molar-refractivity contribution is 8.06. The maximum atomic E-state index is 3.81. The number of thioether (sulfide) groups is 2. The van der Waals surface area contributed by atoms with Gasteiger partial charge in [0.1, 0.15) is 0 Å². The third-order valence-corrected chi connectivity index (χ3v) is 6.41. The zero-order valence-electron chi connectivity index (χ0n) is 9.71. The Morgan fingerprint density at radius 2 is 2.20 bits per heavy atom. The quantitative estimate of drug-likeness (QED) is 0.800. The third-order valence-electron chi connectivity index (χ3n) is 3.53. The maximum Gasteiger partial charge on any atom is 0.0294 e. The molecule has 0 aromatic heterocycles. The van der Waals surface area contributed by atoms with Crippen LogP contribution >= 0.6 is 23.5 Å². The van der Waals surface area contributed by atoms with Gasteiger partial charge in [-0.15, -0.1) is 0 Å². The normalized spacial score (nSPS) is 29.8. The lowest BCUT2D eigenvalue weighted by Gasteiger charge is -2.40. The lowest BCUT2D eigenvalue weighted by atomic mass is 9.78. The van der Waals surface area contributed by atoms with E-state index in [4.69, 9.17) is 0 Å². The van der Waals surface area contributed by atoms with Gasteiger partial charge in [-0.05, 0) is 31.7 Å². The Labute approximate surface area is 103 Å². The van der Waals surface area contributed by atoms with Crippen LogP contribution in [-0.2, 0) is 0 Å². The van der Waals surface area contributed by atoms with Crippen LogP contribution in [-0.4, -0.2) is 35.1 Å². The summed E-state index contributed by atoms with van der Waals surface area (Å²) in [5.41, 5.74) is 0. The van der Waals surface area contributed by atoms with Crippen LogP contribution in [0, 0.1) is 5.92 Å². The minimum Gasteiger partial charge on any atom is -0.313 e. The molecule has 2 fully saturated rings. The van der Waals surface area contributed by atoms with Crippen LogP contribution in [0.1, 0.15) is 32.6 Å². The van der Waals surface area contributed by atoms with Gasteiger partial charge in [0, 0.05) is 28.6 Å². The lowest BCUT2D eigenvalue weighted by molar-refractivity contribution is 0.229. The molecule has 1 saturated heterocycles. The summed E-state index contributed by atoms with van der Waals surface area (Å²) >= 11 is 4.37. The van der Waals surface area contributed by atoms with Crippen molar-refractivity contribution < 1.29 is 0 Å². The topological polar surface area (TPSA) is 12.0 Å². The van der Waals surface area contributed by atoms with Crippen LogP contribution < -0.4 is 5.32 Å². The Morgan fingerprint density at radius 3 is 2.73 bits per heavy atom. The van der Waals surface area contributed by atoms with Crippen molar-refractivity contribution in [2.45, 2.75) is 43.9 Å². The second-order valence-electron chi connectivity index (χ2n) is 4.66. The van der Waals surface area contributed by atoms with E-state index in [0.29, 0.717) is 0 Å². The zero-order valence-corrected chi connectivity index (χ0v) is 11.3. The molecule has 1 nitrogen and oxygen atoms in total. The van der Waals surface area contributed by atoms with Gasteiger partial charge in [0.2, 0.25) is 0 Å². The fourth-order valence-corrected chi connectivity index (χ4v) is 5.39. The van der Waals surface area contributed by atoms with E-state index in [2.05, 4.69) is 35.8 Å². The Kier molecular flexibility index (Phi) is 5.18. The first-order chi connectivity index (χ1) is 7.42. The Morgan fingerprint density at radius 1 is 1.33 bits per heavy atom. The summed E-state index contributed by atoms with van der Waals surface area (Å²) in [6.07, 6.45) is 5.69. The van der Waals surface area contributed by atoms with Crippen molar-refractivity contribution in [3.63, 3.8) is 0 Å². The molecule has 0 aromatic carbocycles. The van der Waals surface area contributed by atoms with Crippen LogP contribution in [0.15, 0.2) is 0 Å². The van der Waals surface area contributed by atoms with E-state index in [-0.39, 0.29) is 0 Å². The molecule has 3 heteroatoms. The molecule has 2 aliphatic rings. The van der Waals surface area contributed by atoms with Gasteiger partial charge in [0.05, 0.1) is 0 Å². The Balaban J connectivity index is 1.84. The highest BCUT2D eigenvalue weighted by Gasteiger charge is 2.33. The van der Waals surface area contributed by atoms with E-state index >= 15 is 0 Å². The van der Waals surface area contributed by atoms with Crippen molar-refractivity contribution in [3.05, 3.63) is 0 Å². The highest BCUT2D eigenvalue weighted by Crippen LogP contribution is 2.37. The Bertz CT molecular complexity index is 176. The molecule has 0 radical (unpaired) electrons. The van der Waals surface area contributed by atoms with Gasteiger partial charge < -0.3 is 5.32 Å². The summed E-state index contributed by atoms with van der Waals surface area (Å²) in [5, 5.41) is 4.70. The van der Waals surface area contributed by atoms with Crippen molar-refractivity contribution in [3.8, 4) is 0 Å². The number of hydrogen-bond acceptors (Lipinski definition) is 3. The molecule has 2 rings (SSSR count). The van der Waals surface area contributed by atoms with Gasteiger partial charge in [-0.1, -0.05) is 13.3 Å². The predicted octanol–water partition coefficient (Wildman–Crippen LogP) is 3.00. The molecule has 2 atom stereocenters. The molecule has 88 valence electrons. The second kappa shape index (κ2) is 6.41. The van der Waals surface area contributed by atoms with E-state index in [1.807, 2.05) is 0 Å². The highest BCUT2D eigenvalue weighted by atomic mass is 32.2. The summed E-state index contributed by atoms with van der Waals surface area (Å²) in [4.78, 5) is 0. The molecule has 0 aromatic rings. The van der Waals surface area contributed by atoms with Crippen LogP contribution in [0.5, 0.6) is 0 Å². The molecule has 1 aliphatic carbocycles. The minimum atomic E-state index is 0.816. The van der Waals surface area contributed by atoms with Crippen molar-refractivity contribution in [1.82, 2.24) is 5.32 Å². The second-order valence-corrected chi connectivity index (χ2v) is 7.15. The molecule has 1 saturated carbocycles. The monoisotopic (exact) mass is 245 g/mol. The summed E-state index contributed by atoms with van der Waals surface area (Å²) < 4.78 is 0. The summed E-state index contributed by atoms with van der Waals surface area (Å²) in [5.74, 6) is 5.11. The fourth-order valence-electron chi connectivity index (χ4n) is 2.42. The standard InChI is InChI=1S/C12H23NS2/c1-2-6-13-12(10-4-3-5-10)11-9-14-7-8-15-11/h10-13H,2-9H2,1H3. The van der Waals surface area contributed by atoms with Crippen molar-refractivity contribution >= 4 is 23.5 Å². The van der Waals surface area contributed by atoms with Gasteiger partial charge in [-0.25, -0.2) is 0 Å². The average Bonchev–Trinajstić information content (AvgIpc) is 2.22. The summed E-state index contributed by atoms with van der Waals surface area (Å²) in [6, 6.07) is 0.816. The first kappa shape index (κ1) is 12.1. The van der Waals surface area contributed by atoms with E-state index in [0.717, 1.165) is 17.2 Å². The molecule has 0 spiro atoms. The molecule has 15 heavy (non-hydrogen) atoms. The molecule has 1 aliphatic heterocycles. The van der Waals surface area contributed by atoms with Crippen LogP contribution in [0.3, 0.4) is 0 Å². The average molecular weight is 245 g/mol. The van der Waals surface area contributed by atoms with E-state index in [9.17, 15) is 0 Å². The van der Waals surface area contributed by atoms with Gasteiger partial charge in [-0.2, -0.15) is 23.5 Å². The molecule has 0 amide bonds. The third kappa shape index (κ3) is 3.31. The predicted molar refractivity (Wildman–Crippen MR) is 73.0 cm³/mol. The zero-order chi connectivity index (χ0) is 10.5. The summed E-state index contributed by atoms with van der Waals surface area (Å²) in [7, 11) is 0. The van der Waals surface area contributed by atoms with Crippen LogP contribution in [0.4, 0.5) is 0 Å². The van der Waals surface area contributed by atoms with E-state index < -0.39 is 0 Å². The fraction of sp³-hybridized carbons (Fsp3) is 1.00. The van der Waals surface area contributed by atoms with Crippen LogP contribution in [0.2, 0.25) is 0 Å². The number of rotatable bonds is 5. The molecule has 0 bridgehead atoms. The minimum absolute atomic E-state index is 0.816. The van der Waals surface area contributed by atoms with E-state index in [1.54, 1.807) is 0 Å². The Hall–Kier alpha value is 0.660. The molecule has 1 heterocycles. The SMILES string of the molecule is CCCNC(C1CCC1)C1CSCCS1. The van der Waals surface area contributed by atoms with Crippen molar-refractivity contribution in [2.24, 2.45) is 5.92 Å². The van der Waals surface area contributed by atoms with Crippen LogP contribution in [0.25, 0.3) is 0 Å². The molecular weight excluding hydrogens is 222 g/mol. The van der Waals surface area contributed by atoms with Crippen molar-refractivity contribution in [1.29, 1.82) is 0 Å².